The molecule has 0 aliphatic carbocycles. The molecular formula is C16H27N. The number of likely N-dealkylation sites (N-methyl/N-ethyl adjacent to an activating group) is 1. The first kappa shape index (κ1) is 14.2. The Morgan fingerprint density at radius 1 is 1.24 bits per heavy atom. The minimum atomic E-state index is 0.426. The molecule has 0 radical (unpaired) electrons. The lowest BCUT2D eigenvalue weighted by Gasteiger charge is -2.23. The summed E-state index contributed by atoms with van der Waals surface area (Å²) in [7, 11) is 2.04. The summed E-state index contributed by atoms with van der Waals surface area (Å²) in [5, 5.41) is 3.32. The minimum Gasteiger partial charge on any atom is -0.319 e. The van der Waals surface area contributed by atoms with Crippen LogP contribution in [0.1, 0.15) is 50.7 Å². The Morgan fingerprint density at radius 2 is 1.94 bits per heavy atom. The summed E-state index contributed by atoms with van der Waals surface area (Å²) in [6, 6.07) is 8.93. The average Bonchev–Trinajstić information content (AvgIpc) is 2.23. The lowest BCUT2D eigenvalue weighted by atomic mass is 9.84. The summed E-state index contributed by atoms with van der Waals surface area (Å²) in [6.45, 7) is 10.2. The number of rotatable bonds is 5. The highest BCUT2D eigenvalue weighted by atomic mass is 14.8. The van der Waals surface area contributed by atoms with Crippen LogP contribution in [0.5, 0.6) is 0 Å². The molecule has 1 atom stereocenters. The normalized spacial score (nSPS) is 13.7. The molecule has 1 heteroatoms. The van der Waals surface area contributed by atoms with Crippen LogP contribution in [0.15, 0.2) is 24.3 Å². The van der Waals surface area contributed by atoms with Crippen molar-refractivity contribution in [1.29, 1.82) is 0 Å². The van der Waals surface area contributed by atoms with Gasteiger partial charge >= 0.3 is 0 Å². The second-order valence-electron chi connectivity index (χ2n) is 6.27. The molecule has 17 heavy (non-hydrogen) atoms. The molecule has 0 saturated heterocycles. The molecule has 1 aromatic rings. The smallest absolute Gasteiger partial charge is 0.00171 e. The number of benzene rings is 1. The van der Waals surface area contributed by atoms with Crippen LogP contribution in [0, 0.1) is 12.3 Å². The summed E-state index contributed by atoms with van der Waals surface area (Å²) < 4.78 is 0. The van der Waals surface area contributed by atoms with E-state index in [-0.39, 0.29) is 0 Å². The first-order valence-electron chi connectivity index (χ1n) is 6.63. The van der Waals surface area contributed by atoms with E-state index < -0.39 is 0 Å². The predicted molar refractivity (Wildman–Crippen MR) is 76.5 cm³/mol. The van der Waals surface area contributed by atoms with E-state index in [1.807, 2.05) is 7.05 Å². The zero-order valence-corrected chi connectivity index (χ0v) is 12.0. The van der Waals surface area contributed by atoms with Crippen LogP contribution in [0.4, 0.5) is 0 Å². The van der Waals surface area contributed by atoms with E-state index in [1.165, 1.54) is 24.0 Å². The van der Waals surface area contributed by atoms with Gasteiger partial charge in [-0.05, 0) is 43.7 Å². The van der Waals surface area contributed by atoms with Gasteiger partial charge in [0.05, 0.1) is 0 Å². The maximum Gasteiger partial charge on any atom is 0.00171 e. The van der Waals surface area contributed by atoms with Gasteiger partial charge in [0.25, 0.3) is 0 Å². The molecule has 0 bridgehead atoms. The van der Waals surface area contributed by atoms with Crippen LogP contribution in [0.25, 0.3) is 0 Å². The Labute approximate surface area is 107 Å². The molecular weight excluding hydrogens is 206 g/mol. The van der Waals surface area contributed by atoms with Crippen molar-refractivity contribution >= 4 is 0 Å². The molecule has 1 aromatic carbocycles. The average molecular weight is 233 g/mol. The summed E-state index contributed by atoms with van der Waals surface area (Å²) >= 11 is 0. The second-order valence-corrected chi connectivity index (χ2v) is 6.27. The second kappa shape index (κ2) is 6.20. The quantitative estimate of drug-likeness (QED) is 0.806. The van der Waals surface area contributed by atoms with Crippen LogP contribution < -0.4 is 5.32 Å². The molecule has 0 amide bonds. The van der Waals surface area contributed by atoms with Gasteiger partial charge < -0.3 is 5.32 Å². The van der Waals surface area contributed by atoms with E-state index in [9.17, 15) is 0 Å². The standard InChI is InChI=1S/C16H27N/c1-13-7-6-8-14(11-13)15(12-17-5)9-10-16(2,3)4/h6-8,11,15,17H,9-10,12H2,1-5H3. The van der Waals surface area contributed by atoms with Crippen LogP contribution in [-0.2, 0) is 0 Å². The maximum atomic E-state index is 3.32. The SMILES string of the molecule is CNCC(CCC(C)(C)C)c1cccc(C)c1. The molecule has 96 valence electrons. The molecule has 0 spiro atoms. The van der Waals surface area contributed by atoms with Gasteiger partial charge in [0.15, 0.2) is 0 Å². The summed E-state index contributed by atoms with van der Waals surface area (Å²) in [6.07, 6.45) is 2.53. The van der Waals surface area contributed by atoms with Gasteiger partial charge in [0, 0.05) is 6.54 Å². The Kier molecular flexibility index (Phi) is 5.20. The minimum absolute atomic E-state index is 0.426. The highest BCUT2D eigenvalue weighted by molar-refractivity contribution is 5.25. The lowest BCUT2D eigenvalue weighted by molar-refractivity contribution is 0.346. The van der Waals surface area contributed by atoms with Crippen molar-refractivity contribution in [3.63, 3.8) is 0 Å². The van der Waals surface area contributed by atoms with E-state index >= 15 is 0 Å². The van der Waals surface area contributed by atoms with Crippen LogP contribution in [0.3, 0.4) is 0 Å². The highest BCUT2D eigenvalue weighted by Gasteiger charge is 2.16. The fourth-order valence-corrected chi connectivity index (χ4v) is 2.16. The Bertz CT molecular complexity index is 336. The Balaban J connectivity index is 2.71. The largest absolute Gasteiger partial charge is 0.319 e. The van der Waals surface area contributed by atoms with Crippen molar-refractivity contribution in [3.05, 3.63) is 35.4 Å². The van der Waals surface area contributed by atoms with Crippen molar-refractivity contribution < 1.29 is 0 Å². The first-order valence-corrected chi connectivity index (χ1v) is 6.63. The molecule has 0 aliphatic rings. The van der Waals surface area contributed by atoms with Gasteiger partial charge in [-0.2, -0.15) is 0 Å². The molecule has 0 aromatic heterocycles. The van der Waals surface area contributed by atoms with Gasteiger partial charge in [-0.25, -0.2) is 0 Å². The van der Waals surface area contributed by atoms with Gasteiger partial charge in [-0.1, -0.05) is 50.6 Å². The van der Waals surface area contributed by atoms with Gasteiger partial charge in [0.1, 0.15) is 0 Å². The molecule has 0 fully saturated rings. The Hall–Kier alpha value is -0.820. The van der Waals surface area contributed by atoms with Crippen LogP contribution in [0.2, 0.25) is 0 Å². The van der Waals surface area contributed by atoms with E-state index in [1.54, 1.807) is 0 Å². The van der Waals surface area contributed by atoms with Gasteiger partial charge in [0.2, 0.25) is 0 Å². The lowest BCUT2D eigenvalue weighted by Crippen LogP contribution is -2.19. The highest BCUT2D eigenvalue weighted by Crippen LogP contribution is 2.28. The zero-order chi connectivity index (χ0) is 12.9. The molecule has 1 unspecified atom stereocenters. The third kappa shape index (κ3) is 5.36. The van der Waals surface area contributed by atoms with E-state index in [4.69, 9.17) is 0 Å². The fraction of sp³-hybridized carbons (Fsp3) is 0.625. The van der Waals surface area contributed by atoms with Crippen LogP contribution in [-0.4, -0.2) is 13.6 Å². The molecule has 0 saturated carbocycles. The van der Waals surface area contributed by atoms with Crippen molar-refractivity contribution in [3.8, 4) is 0 Å². The van der Waals surface area contributed by atoms with Crippen molar-refractivity contribution in [2.24, 2.45) is 5.41 Å². The van der Waals surface area contributed by atoms with E-state index in [2.05, 4.69) is 57.3 Å². The molecule has 0 heterocycles. The van der Waals surface area contributed by atoms with Gasteiger partial charge in [-0.15, -0.1) is 0 Å². The summed E-state index contributed by atoms with van der Waals surface area (Å²) in [5.74, 6) is 0.638. The molecule has 1 rings (SSSR count). The number of aryl methyl sites for hydroxylation is 1. The van der Waals surface area contributed by atoms with Gasteiger partial charge in [-0.3, -0.25) is 0 Å². The van der Waals surface area contributed by atoms with Crippen molar-refractivity contribution in [2.75, 3.05) is 13.6 Å². The topological polar surface area (TPSA) is 12.0 Å². The predicted octanol–water partition coefficient (Wildman–Crippen LogP) is 4.12. The number of hydrogen-bond acceptors (Lipinski definition) is 1. The van der Waals surface area contributed by atoms with Crippen molar-refractivity contribution in [2.45, 2.75) is 46.5 Å². The molecule has 0 aliphatic heterocycles. The number of nitrogens with one attached hydrogen (secondary N) is 1. The molecule has 1 N–H and O–H groups in total. The van der Waals surface area contributed by atoms with E-state index in [0.29, 0.717) is 11.3 Å². The molecule has 1 nitrogen and oxygen atoms in total. The first-order chi connectivity index (χ1) is 7.92. The Morgan fingerprint density at radius 3 is 2.47 bits per heavy atom. The third-order valence-corrected chi connectivity index (χ3v) is 3.21. The van der Waals surface area contributed by atoms with Crippen molar-refractivity contribution in [1.82, 2.24) is 5.32 Å². The maximum absolute atomic E-state index is 3.32. The monoisotopic (exact) mass is 233 g/mol. The van der Waals surface area contributed by atoms with Crippen LogP contribution >= 0.6 is 0 Å². The van der Waals surface area contributed by atoms with E-state index in [0.717, 1.165) is 6.54 Å². The third-order valence-electron chi connectivity index (χ3n) is 3.21. The summed E-state index contributed by atoms with van der Waals surface area (Å²) in [4.78, 5) is 0. The fourth-order valence-electron chi connectivity index (χ4n) is 2.16. The number of hydrogen-bond donors (Lipinski definition) is 1. The zero-order valence-electron chi connectivity index (χ0n) is 12.0. The summed E-state index contributed by atoms with van der Waals surface area (Å²) in [5.41, 5.74) is 3.26.